The van der Waals surface area contributed by atoms with Crippen LogP contribution in [0.4, 0.5) is 5.95 Å². The highest BCUT2D eigenvalue weighted by Crippen LogP contribution is 2.24. The molecule has 0 radical (unpaired) electrons. The maximum absolute atomic E-state index is 5.91. The minimum Gasteiger partial charge on any atom is -0.369 e. The quantitative estimate of drug-likeness (QED) is 0.897. The number of aromatic nitrogens is 2. The van der Waals surface area contributed by atoms with Gasteiger partial charge in [-0.15, -0.1) is 0 Å². The summed E-state index contributed by atoms with van der Waals surface area (Å²) >= 11 is 0. The van der Waals surface area contributed by atoms with E-state index in [0.29, 0.717) is 0 Å². The number of morpholine rings is 1. The molecule has 0 spiro atoms. The first-order chi connectivity index (χ1) is 8.91. The molecular formula is C14H24N4O. The third-order valence-electron chi connectivity index (χ3n) is 3.29. The van der Waals surface area contributed by atoms with Gasteiger partial charge in [0.05, 0.1) is 11.7 Å². The summed E-state index contributed by atoms with van der Waals surface area (Å²) in [6.07, 6.45) is 2.12. The van der Waals surface area contributed by atoms with Crippen LogP contribution in [0, 0.1) is 6.92 Å². The summed E-state index contributed by atoms with van der Waals surface area (Å²) in [4.78, 5) is 11.3. The number of rotatable bonds is 3. The van der Waals surface area contributed by atoms with E-state index in [2.05, 4.69) is 41.0 Å². The van der Waals surface area contributed by atoms with Crippen LogP contribution in [-0.2, 0) is 11.3 Å². The highest BCUT2D eigenvalue weighted by molar-refractivity contribution is 5.34. The minimum absolute atomic E-state index is 0.154. The molecule has 1 saturated heterocycles. The third kappa shape index (κ3) is 3.42. The molecule has 5 nitrogen and oxygen atoms in total. The van der Waals surface area contributed by atoms with E-state index < -0.39 is 0 Å². The van der Waals surface area contributed by atoms with Gasteiger partial charge in [-0.05, 0) is 34.7 Å². The van der Waals surface area contributed by atoms with Crippen molar-refractivity contribution < 1.29 is 4.74 Å². The molecule has 1 fully saturated rings. The molecule has 1 unspecified atom stereocenters. The first kappa shape index (κ1) is 14.2. The lowest BCUT2D eigenvalue weighted by molar-refractivity contribution is -0.0753. The maximum atomic E-state index is 5.91. The Morgan fingerprint density at radius 3 is 2.84 bits per heavy atom. The molecule has 1 aliphatic rings. The van der Waals surface area contributed by atoms with Crippen molar-refractivity contribution in [1.82, 2.24) is 15.3 Å². The van der Waals surface area contributed by atoms with E-state index in [1.807, 2.05) is 20.2 Å². The first-order valence-electron chi connectivity index (χ1n) is 6.81. The van der Waals surface area contributed by atoms with E-state index in [-0.39, 0.29) is 11.7 Å². The van der Waals surface area contributed by atoms with Crippen LogP contribution in [0.5, 0.6) is 0 Å². The number of hydrogen-bond donors (Lipinski definition) is 1. The Hall–Kier alpha value is -1.20. The lowest BCUT2D eigenvalue weighted by Gasteiger charge is -2.41. The average molecular weight is 264 g/mol. The van der Waals surface area contributed by atoms with Crippen LogP contribution in [0.15, 0.2) is 6.20 Å². The van der Waals surface area contributed by atoms with Crippen molar-refractivity contribution in [3.05, 3.63) is 17.5 Å². The molecule has 2 rings (SSSR count). The van der Waals surface area contributed by atoms with Crippen LogP contribution in [-0.4, -0.2) is 41.8 Å². The van der Waals surface area contributed by atoms with Crippen molar-refractivity contribution in [1.29, 1.82) is 0 Å². The summed E-state index contributed by atoms with van der Waals surface area (Å²) in [5, 5.41) is 3.13. The third-order valence-corrected chi connectivity index (χ3v) is 3.29. The average Bonchev–Trinajstić information content (AvgIpc) is 2.29. The monoisotopic (exact) mass is 264 g/mol. The second-order valence-electron chi connectivity index (χ2n) is 5.88. The second kappa shape index (κ2) is 5.43. The zero-order valence-corrected chi connectivity index (χ0v) is 12.5. The van der Waals surface area contributed by atoms with Crippen LogP contribution in [0.3, 0.4) is 0 Å². The van der Waals surface area contributed by atoms with Gasteiger partial charge in [-0.1, -0.05) is 0 Å². The second-order valence-corrected chi connectivity index (χ2v) is 5.88. The number of nitrogens with one attached hydrogen (secondary N) is 1. The van der Waals surface area contributed by atoms with Gasteiger partial charge in [-0.2, -0.15) is 0 Å². The minimum atomic E-state index is -0.154. The largest absolute Gasteiger partial charge is 0.369 e. The first-order valence-corrected chi connectivity index (χ1v) is 6.81. The van der Waals surface area contributed by atoms with Crippen LogP contribution in [0.1, 0.15) is 32.0 Å². The van der Waals surface area contributed by atoms with Crippen molar-refractivity contribution in [2.24, 2.45) is 0 Å². The zero-order valence-electron chi connectivity index (χ0n) is 12.5. The van der Waals surface area contributed by atoms with Gasteiger partial charge >= 0.3 is 0 Å². The molecule has 1 aliphatic heterocycles. The molecule has 1 aromatic heterocycles. The maximum Gasteiger partial charge on any atom is 0.225 e. The van der Waals surface area contributed by atoms with Gasteiger partial charge in [0, 0.05) is 37.1 Å². The lowest BCUT2D eigenvalue weighted by Crippen LogP contribution is -2.52. The van der Waals surface area contributed by atoms with Crippen molar-refractivity contribution in [2.45, 2.75) is 45.9 Å². The van der Waals surface area contributed by atoms with E-state index >= 15 is 0 Å². The molecule has 106 valence electrons. The van der Waals surface area contributed by atoms with Crippen LogP contribution < -0.4 is 10.2 Å². The Morgan fingerprint density at radius 2 is 2.26 bits per heavy atom. The van der Waals surface area contributed by atoms with E-state index in [9.17, 15) is 0 Å². The summed E-state index contributed by atoms with van der Waals surface area (Å²) in [6, 6.07) is 0. The predicted molar refractivity (Wildman–Crippen MR) is 76.4 cm³/mol. The fraction of sp³-hybridized carbons (Fsp3) is 0.714. The molecule has 1 N–H and O–H groups in total. The Morgan fingerprint density at radius 1 is 1.53 bits per heavy atom. The topological polar surface area (TPSA) is 50.3 Å². The van der Waals surface area contributed by atoms with E-state index in [0.717, 1.165) is 36.8 Å². The Balaban J connectivity index is 2.19. The Labute approximate surface area is 115 Å². The predicted octanol–water partition coefficient (Wildman–Crippen LogP) is 1.51. The lowest BCUT2D eigenvalue weighted by atomic mass is 10.1. The van der Waals surface area contributed by atoms with Gasteiger partial charge in [0.1, 0.15) is 0 Å². The SMILES string of the molecule is CNCc1cnc(N2CC(C)OC(C)(C)C2)nc1C. The molecule has 0 amide bonds. The molecular weight excluding hydrogens is 240 g/mol. The molecule has 0 bridgehead atoms. The van der Waals surface area contributed by atoms with Gasteiger partial charge in [0.25, 0.3) is 0 Å². The molecule has 0 aromatic carbocycles. The fourth-order valence-corrected chi connectivity index (χ4v) is 2.60. The van der Waals surface area contributed by atoms with Crippen molar-refractivity contribution in [3.63, 3.8) is 0 Å². The number of ether oxygens (including phenoxy) is 1. The van der Waals surface area contributed by atoms with Gasteiger partial charge in [-0.3, -0.25) is 0 Å². The zero-order chi connectivity index (χ0) is 14.0. The molecule has 2 heterocycles. The fourth-order valence-electron chi connectivity index (χ4n) is 2.60. The summed E-state index contributed by atoms with van der Waals surface area (Å²) in [6.45, 7) is 10.8. The van der Waals surface area contributed by atoms with Gasteiger partial charge < -0.3 is 15.0 Å². The smallest absolute Gasteiger partial charge is 0.225 e. The summed E-state index contributed by atoms with van der Waals surface area (Å²) in [5.74, 6) is 0.806. The number of nitrogens with zero attached hydrogens (tertiary/aromatic N) is 3. The van der Waals surface area contributed by atoms with E-state index in [1.54, 1.807) is 0 Å². The highest BCUT2D eigenvalue weighted by Gasteiger charge is 2.32. The molecule has 1 aromatic rings. The standard InChI is InChI=1S/C14H24N4O/c1-10-8-18(9-14(3,4)19-10)13-16-7-12(6-15-5)11(2)17-13/h7,10,15H,6,8-9H2,1-5H3. The Bertz CT molecular complexity index is 447. The molecule has 0 saturated carbocycles. The molecule has 1 atom stereocenters. The summed E-state index contributed by atoms with van der Waals surface area (Å²) in [5.41, 5.74) is 2.03. The van der Waals surface area contributed by atoms with E-state index in [1.165, 1.54) is 0 Å². The summed E-state index contributed by atoms with van der Waals surface area (Å²) in [7, 11) is 1.93. The molecule has 0 aliphatic carbocycles. The van der Waals surface area contributed by atoms with Crippen molar-refractivity contribution >= 4 is 5.95 Å². The van der Waals surface area contributed by atoms with Crippen molar-refractivity contribution in [3.8, 4) is 0 Å². The van der Waals surface area contributed by atoms with Gasteiger partial charge in [0.15, 0.2) is 0 Å². The number of anilines is 1. The van der Waals surface area contributed by atoms with Crippen molar-refractivity contribution in [2.75, 3.05) is 25.0 Å². The molecule has 5 heteroatoms. The Kier molecular flexibility index (Phi) is 4.06. The normalized spacial score (nSPS) is 22.6. The van der Waals surface area contributed by atoms with Crippen LogP contribution in [0.2, 0.25) is 0 Å². The number of hydrogen-bond acceptors (Lipinski definition) is 5. The summed E-state index contributed by atoms with van der Waals surface area (Å²) < 4.78 is 5.91. The van der Waals surface area contributed by atoms with Gasteiger partial charge in [-0.25, -0.2) is 9.97 Å². The molecule has 19 heavy (non-hydrogen) atoms. The van der Waals surface area contributed by atoms with Crippen LogP contribution >= 0.6 is 0 Å². The number of aryl methyl sites for hydroxylation is 1. The highest BCUT2D eigenvalue weighted by atomic mass is 16.5. The van der Waals surface area contributed by atoms with E-state index in [4.69, 9.17) is 4.74 Å². The van der Waals surface area contributed by atoms with Crippen LogP contribution in [0.25, 0.3) is 0 Å². The van der Waals surface area contributed by atoms with Gasteiger partial charge in [0.2, 0.25) is 5.95 Å².